The van der Waals surface area contributed by atoms with Crippen molar-refractivity contribution in [2.24, 2.45) is 0 Å². The lowest BCUT2D eigenvalue weighted by Crippen LogP contribution is -2.47. The van der Waals surface area contributed by atoms with Crippen LogP contribution >= 0.6 is 0 Å². The normalized spacial score (nSPS) is 11.3. The Balaban J connectivity index is 2.65. The molecular formula is C12H13NO6. The van der Waals surface area contributed by atoms with Gasteiger partial charge in [0.05, 0.1) is 7.11 Å². The van der Waals surface area contributed by atoms with E-state index in [1.807, 2.05) is 0 Å². The first-order valence-electron chi connectivity index (χ1n) is 5.29. The average Bonchev–Trinajstić information content (AvgIpc) is 2.37. The highest BCUT2D eigenvalue weighted by molar-refractivity contribution is 6.04. The van der Waals surface area contributed by atoms with Crippen molar-refractivity contribution in [2.45, 2.75) is 13.0 Å². The Hall–Kier alpha value is -2.57. The highest BCUT2D eigenvalue weighted by Crippen LogP contribution is 2.15. The van der Waals surface area contributed by atoms with Crippen LogP contribution in [0, 0.1) is 0 Å². The number of ketones is 1. The van der Waals surface area contributed by atoms with Crippen molar-refractivity contribution in [1.29, 1.82) is 0 Å². The highest BCUT2D eigenvalue weighted by Gasteiger charge is 2.26. The van der Waals surface area contributed by atoms with E-state index in [9.17, 15) is 14.4 Å². The molecule has 1 unspecified atom stereocenters. The lowest BCUT2D eigenvalue weighted by molar-refractivity contribution is -0.145. The van der Waals surface area contributed by atoms with E-state index in [1.165, 1.54) is 24.3 Å². The largest absolute Gasteiger partial charge is 0.508 e. The van der Waals surface area contributed by atoms with E-state index >= 15 is 0 Å². The van der Waals surface area contributed by atoms with Gasteiger partial charge >= 0.3 is 12.1 Å². The molecule has 1 aromatic rings. The molecule has 0 saturated heterocycles. The summed E-state index contributed by atoms with van der Waals surface area (Å²) in [6, 6.07) is 3.96. The number of hydrogen-bond donors (Lipinski definition) is 2. The second-order valence-corrected chi connectivity index (χ2v) is 3.59. The maximum atomic E-state index is 11.5. The number of benzene rings is 1. The maximum absolute atomic E-state index is 11.5. The minimum Gasteiger partial charge on any atom is -0.508 e. The number of rotatable bonds is 4. The molecule has 0 aliphatic heterocycles. The van der Waals surface area contributed by atoms with E-state index < -0.39 is 23.9 Å². The van der Waals surface area contributed by atoms with Crippen LogP contribution in [0.1, 0.15) is 6.92 Å². The van der Waals surface area contributed by atoms with Crippen LogP contribution in [-0.2, 0) is 14.3 Å². The Morgan fingerprint density at radius 1 is 1.21 bits per heavy atom. The summed E-state index contributed by atoms with van der Waals surface area (Å²) in [4.78, 5) is 33.9. The van der Waals surface area contributed by atoms with E-state index in [0.29, 0.717) is 0 Å². The smallest absolute Gasteiger partial charge is 0.413 e. The van der Waals surface area contributed by atoms with Gasteiger partial charge in [0, 0.05) is 0 Å². The molecule has 1 aromatic carbocycles. The number of hydrogen-bond acceptors (Lipinski definition) is 6. The van der Waals surface area contributed by atoms with Crippen molar-refractivity contribution in [3.05, 3.63) is 24.3 Å². The lowest BCUT2D eigenvalue weighted by Gasteiger charge is -2.13. The Morgan fingerprint density at radius 3 is 2.26 bits per heavy atom. The molecule has 0 bridgehead atoms. The number of nitrogens with one attached hydrogen (secondary N) is 1. The van der Waals surface area contributed by atoms with Gasteiger partial charge < -0.3 is 19.9 Å². The summed E-state index contributed by atoms with van der Waals surface area (Å²) in [6.45, 7) is 1.14. The van der Waals surface area contributed by atoms with Crippen LogP contribution in [0.5, 0.6) is 11.5 Å². The van der Waals surface area contributed by atoms with Crippen LogP contribution < -0.4 is 10.1 Å². The van der Waals surface area contributed by atoms with Crippen LogP contribution in [0.4, 0.5) is 4.79 Å². The Labute approximate surface area is 109 Å². The quantitative estimate of drug-likeness (QED) is 0.612. The molecule has 0 saturated carbocycles. The van der Waals surface area contributed by atoms with Crippen molar-refractivity contribution in [1.82, 2.24) is 5.32 Å². The first-order chi connectivity index (χ1) is 8.93. The molecule has 1 rings (SSSR count). The SMILES string of the molecule is COC(=O)C(NC(=O)Oc1ccc(O)cc1)C(C)=O. The van der Waals surface area contributed by atoms with Gasteiger partial charge in [-0.3, -0.25) is 4.79 Å². The van der Waals surface area contributed by atoms with Gasteiger partial charge in [-0.05, 0) is 31.2 Å². The third-order valence-corrected chi connectivity index (χ3v) is 2.15. The molecule has 102 valence electrons. The van der Waals surface area contributed by atoms with Crippen molar-refractivity contribution in [2.75, 3.05) is 7.11 Å². The highest BCUT2D eigenvalue weighted by atomic mass is 16.6. The average molecular weight is 267 g/mol. The molecule has 7 nitrogen and oxygen atoms in total. The monoisotopic (exact) mass is 267 g/mol. The molecule has 2 N–H and O–H groups in total. The van der Waals surface area contributed by atoms with Crippen LogP contribution in [0.15, 0.2) is 24.3 Å². The number of phenols is 1. The van der Waals surface area contributed by atoms with E-state index in [-0.39, 0.29) is 11.5 Å². The van der Waals surface area contributed by atoms with Gasteiger partial charge in [0.2, 0.25) is 0 Å². The molecule has 1 amide bonds. The van der Waals surface area contributed by atoms with Crippen molar-refractivity contribution < 1.29 is 29.0 Å². The molecule has 0 fully saturated rings. The summed E-state index contributed by atoms with van der Waals surface area (Å²) < 4.78 is 9.20. The Morgan fingerprint density at radius 2 is 1.79 bits per heavy atom. The van der Waals surface area contributed by atoms with Gasteiger partial charge in [-0.15, -0.1) is 0 Å². The summed E-state index contributed by atoms with van der Waals surface area (Å²) >= 11 is 0. The molecule has 0 aromatic heterocycles. The summed E-state index contributed by atoms with van der Waals surface area (Å²) in [5, 5.41) is 11.1. The number of Topliss-reactive ketones (excluding diaryl/α,β-unsaturated/α-hetero) is 1. The number of carbonyl (C=O) groups is 3. The molecule has 0 aliphatic rings. The molecular weight excluding hydrogens is 254 g/mol. The van der Waals surface area contributed by atoms with Crippen LogP contribution in [0.2, 0.25) is 0 Å². The van der Waals surface area contributed by atoms with Gasteiger partial charge in [-0.1, -0.05) is 0 Å². The number of amides is 1. The minimum atomic E-state index is -1.41. The fourth-order valence-electron chi connectivity index (χ4n) is 1.21. The summed E-state index contributed by atoms with van der Waals surface area (Å²) in [5.74, 6) is -1.28. The minimum absolute atomic E-state index is 0.0175. The maximum Gasteiger partial charge on any atom is 0.413 e. The van der Waals surface area contributed by atoms with Crippen molar-refractivity contribution in [3.63, 3.8) is 0 Å². The standard InChI is InChI=1S/C12H13NO6/c1-7(14)10(11(16)18-2)13-12(17)19-9-5-3-8(15)4-6-9/h3-6,10,15H,1-2H3,(H,13,17). The van der Waals surface area contributed by atoms with Crippen molar-refractivity contribution in [3.8, 4) is 11.5 Å². The number of phenolic OH excluding ortho intramolecular Hbond substituents is 1. The van der Waals surface area contributed by atoms with Gasteiger partial charge in [-0.2, -0.15) is 0 Å². The first kappa shape index (κ1) is 14.5. The molecule has 0 spiro atoms. The number of methoxy groups -OCH3 is 1. The van der Waals surface area contributed by atoms with Gasteiger partial charge in [-0.25, -0.2) is 9.59 Å². The van der Waals surface area contributed by atoms with Crippen LogP contribution in [0.3, 0.4) is 0 Å². The predicted octanol–water partition coefficient (Wildman–Crippen LogP) is 0.611. The summed E-state index contributed by atoms with van der Waals surface area (Å²) in [7, 11) is 1.10. The molecule has 0 aliphatic carbocycles. The Kier molecular flexibility index (Phi) is 4.87. The van der Waals surface area contributed by atoms with Gasteiger partial charge in [0.1, 0.15) is 11.5 Å². The van der Waals surface area contributed by atoms with E-state index in [4.69, 9.17) is 9.84 Å². The van der Waals surface area contributed by atoms with E-state index in [2.05, 4.69) is 10.1 Å². The van der Waals surface area contributed by atoms with Gasteiger partial charge in [0.25, 0.3) is 0 Å². The summed E-state index contributed by atoms with van der Waals surface area (Å²) in [5.41, 5.74) is 0. The zero-order valence-corrected chi connectivity index (χ0v) is 10.4. The first-order valence-corrected chi connectivity index (χ1v) is 5.29. The second-order valence-electron chi connectivity index (χ2n) is 3.59. The number of esters is 1. The van der Waals surface area contributed by atoms with Crippen LogP contribution in [0.25, 0.3) is 0 Å². The van der Waals surface area contributed by atoms with E-state index in [1.54, 1.807) is 0 Å². The molecule has 1 atom stereocenters. The molecule has 7 heteroatoms. The Bertz CT molecular complexity index is 481. The van der Waals surface area contributed by atoms with Crippen LogP contribution in [-0.4, -0.2) is 36.1 Å². The number of carbonyl (C=O) groups excluding carboxylic acids is 3. The zero-order valence-electron chi connectivity index (χ0n) is 10.4. The zero-order chi connectivity index (χ0) is 14.4. The lowest BCUT2D eigenvalue weighted by atomic mass is 10.2. The summed E-state index contributed by atoms with van der Waals surface area (Å²) in [6.07, 6.45) is -0.976. The number of ether oxygens (including phenoxy) is 2. The van der Waals surface area contributed by atoms with E-state index in [0.717, 1.165) is 14.0 Å². The number of aromatic hydroxyl groups is 1. The fraction of sp³-hybridized carbons (Fsp3) is 0.250. The second kappa shape index (κ2) is 6.39. The molecule has 19 heavy (non-hydrogen) atoms. The van der Waals surface area contributed by atoms with Gasteiger partial charge in [0.15, 0.2) is 11.8 Å². The fourth-order valence-corrected chi connectivity index (χ4v) is 1.21. The third kappa shape index (κ3) is 4.30. The molecule has 0 heterocycles. The predicted molar refractivity (Wildman–Crippen MR) is 63.8 cm³/mol. The topological polar surface area (TPSA) is 102 Å². The third-order valence-electron chi connectivity index (χ3n) is 2.15. The molecule has 0 radical (unpaired) electrons. The van der Waals surface area contributed by atoms with Crippen molar-refractivity contribution >= 4 is 17.8 Å².